The van der Waals surface area contributed by atoms with Crippen LogP contribution in [0.15, 0.2) is 35.4 Å². The van der Waals surface area contributed by atoms with Gasteiger partial charge in [0.1, 0.15) is 0 Å². The highest BCUT2D eigenvalue weighted by atomic mass is 16.7. The molecule has 2 aromatic carbocycles. The Balaban J connectivity index is 1.94. The zero-order valence-electron chi connectivity index (χ0n) is 15.1. The third kappa shape index (κ3) is 2.67. The summed E-state index contributed by atoms with van der Waals surface area (Å²) in [6.45, 7) is 5.72. The maximum atomic E-state index is 12.2. The monoisotopic (exact) mass is 351 g/mol. The minimum Gasteiger partial charge on any atom is -0.454 e. The van der Waals surface area contributed by atoms with Crippen LogP contribution in [0.4, 0.5) is 5.69 Å². The number of hydrogen-bond acceptors (Lipinski definition) is 5. The van der Waals surface area contributed by atoms with E-state index in [-0.39, 0.29) is 18.7 Å². The minimum atomic E-state index is -0.0879. The second kappa shape index (κ2) is 6.05. The molecule has 6 nitrogen and oxygen atoms in total. The number of rotatable bonds is 1. The lowest BCUT2D eigenvalue weighted by Crippen LogP contribution is -2.33. The number of nitrogens with zero attached hydrogens (tertiary/aromatic N) is 2. The third-order valence-electron chi connectivity index (χ3n) is 4.86. The van der Waals surface area contributed by atoms with Crippen LogP contribution in [0, 0.1) is 6.92 Å². The molecule has 0 aromatic heterocycles. The van der Waals surface area contributed by atoms with Gasteiger partial charge in [-0.2, -0.15) is 5.10 Å². The van der Waals surface area contributed by atoms with Crippen molar-refractivity contribution >= 4 is 17.3 Å². The summed E-state index contributed by atoms with van der Waals surface area (Å²) in [6.07, 6.45) is 0.687. The number of benzene rings is 2. The van der Waals surface area contributed by atoms with Gasteiger partial charge in [-0.25, -0.2) is 5.01 Å². The van der Waals surface area contributed by atoms with Crippen LogP contribution in [-0.2, 0) is 11.2 Å². The summed E-state index contributed by atoms with van der Waals surface area (Å²) in [6, 6.07) is 9.70. The molecule has 0 bridgehead atoms. The molecule has 0 saturated carbocycles. The van der Waals surface area contributed by atoms with Gasteiger partial charge >= 0.3 is 0 Å². The Hall–Kier alpha value is -3.02. The number of nitrogen functional groups attached to an aromatic ring is 1. The van der Waals surface area contributed by atoms with Gasteiger partial charge < -0.3 is 15.2 Å². The second-order valence-electron chi connectivity index (χ2n) is 6.80. The first kappa shape index (κ1) is 16.4. The molecule has 0 aliphatic carbocycles. The van der Waals surface area contributed by atoms with E-state index < -0.39 is 0 Å². The molecule has 2 aliphatic heterocycles. The maximum absolute atomic E-state index is 12.2. The number of fused-ring (bicyclic) bond motifs is 2. The zero-order valence-corrected chi connectivity index (χ0v) is 15.1. The molecule has 2 aromatic rings. The first-order valence-electron chi connectivity index (χ1n) is 8.62. The summed E-state index contributed by atoms with van der Waals surface area (Å²) in [4.78, 5) is 12.2. The Bertz CT molecular complexity index is 936. The standard InChI is InChI=1S/C20H21N3O3/c1-11-6-14(4-5-17(11)21)20-16-9-19-18(25-10-26-19)8-15(16)7-12(2)23(22-20)13(3)24/h4-6,8-9,12H,7,10,21H2,1-3H3/t12-/m1/s1. The zero-order chi connectivity index (χ0) is 18.4. The smallest absolute Gasteiger partial charge is 0.239 e. The fraction of sp³-hybridized carbons (Fsp3) is 0.300. The number of hydrazone groups is 1. The van der Waals surface area contributed by atoms with E-state index in [1.165, 1.54) is 6.92 Å². The number of carbonyl (C=O) groups is 1. The van der Waals surface area contributed by atoms with Crippen molar-refractivity contribution < 1.29 is 14.3 Å². The van der Waals surface area contributed by atoms with Crippen LogP contribution >= 0.6 is 0 Å². The highest BCUT2D eigenvalue weighted by Crippen LogP contribution is 2.37. The Morgan fingerprint density at radius 1 is 1.23 bits per heavy atom. The van der Waals surface area contributed by atoms with Gasteiger partial charge in [-0.15, -0.1) is 0 Å². The van der Waals surface area contributed by atoms with Crippen LogP contribution in [0.1, 0.15) is 36.1 Å². The van der Waals surface area contributed by atoms with E-state index in [1.54, 1.807) is 5.01 Å². The molecule has 0 spiro atoms. The van der Waals surface area contributed by atoms with Gasteiger partial charge in [0, 0.05) is 23.7 Å². The predicted molar refractivity (Wildman–Crippen MR) is 99.5 cm³/mol. The van der Waals surface area contributed by atoms with Gasteiger partial charge in [-0.3, -0.25) is 4.79 Å². The van der Waals surface area contributed by atoms with E-state index >= 15 is 0 Å². The Labute approximate surface area is 152 Å². The molecule has 134 valence electrons. The number of carbonyl (C=O) groups excluding carboxylic acids is 1. The van der Waals surface area contributed by atoms with Gasteiger partial charge in [-0.05, 0) is 55.7 Å². The largest absolute Gasteiger partial charge is 0.454 e. The third-order valence-corrected chi connectivity index (χ3v) is 4.86. The summed E-state index contributed by atoms with van der Waals surface area (Å²) < 4.78 is 11.1. The van der Waals surface area contributed by atoms with Crippen molar-refractivity contribution in [2.45, 2.75) is 33.2 Å². The summed E-state index contributed by atoms with van der Waals surface area (Å²) >= 11 is 0. The van der Waals surface area contributed by atoms with Crippen LogP contribution in [0.3, 0.4) is 0 Å². The highest BCUT2D eigenvalue weighted by Gasteiger charge is 2.28. The average molecular weight is 351 g/mol. The van der Waals surface area contributed by atoms with Crippen molar-refractivity contribution in [3.63, 3.8) is 0 Å². The molecule has 0 saturated heterocycles. The van der Waals surface area contributed by atoms with Gasteiger partial charge in [0.15, 0.2) is 11.5 Å². The van der Waals surface area contributed by atoms with Gasteiger partial charge in [0.25, 0.3) is 0 Å². The van der Waals surface area contributed by atoms with Crippen LogP contribution in [-0.4, -0.2) is 29.5 Å². The van der Waals surface area contributed by atoms with Crippen LogP contribution in [0.5, 0.6) is 11.5 Å². The second-order valence-corrected chi connectivity index (χ2v) is 6.80. The molecule has 0 radical (unpaired) electrons. The van der Waals surface area contributed by atoms with Crippen molar-refractivity contribution in [3.05, 3.63) is 52.6 Å². The summed E-state index contributed by atoms with van der Waals surface area (Å²) in [5.41, 5.74) is 11.4. The molecule has 2 N–H and O–H groups in total. The Kier molecular flexibility index (Phi) is 3.83. The molecule has 0 fully saturated rings. The van der Waals surface area contributed by atoms with E-state index in [4.69, 9.17) is 20.3 Å². The maximum Gasteiger partial charge on any atom is 0.239 e. The van der Waals surface area contributed by atoms with Gasteiger partial charge in [0.2, 0.25) is 12.7 Å². The summed E-state index contributed by atoms with van der Waals surface area (Å²) in [5.74, 6) is 1.35. The van der Waals surface area contributed by atoms with Gasteiger partial charge in [-0.1, -0.05) is 6.07 Å². The minimum absolute atomic E-state index is 0.0565. The molecule has 2 aliphatic rings. The molecule has 1 atom stereocenters. The topological polar surface area (TPSA) is 77.2 Å². The molecule has 2 heterocycles. The SMILES string of the molecule is CC(=O)N1N=C(c2ccc(N)c(C)c2)c2cc3c(cc2C[C@H]1C)OCO3. The Morgan fingerprint density at radius 3 is 2.65 bits per heavy atom. The fourth-order valence-electron chi connectivity index (χ4n) is 3.46. The number of hydrogen-bond donors (Lipinski definition) is 1. The van der Waals surface area contributed by atoms with E-state index in [0.29, 0.717) is 12.2 Å². The number of amides is 1. The lowest BCUT2D eigenvalue weighted by Gasteiger charge is -2.21. The van der Waals surface area contributed by atoms with Crippen LogP contribution < -0.4 is 15.2 Å². The lowest BCUT2D eigenvalue weighted by atomic mass is 9.93. The number of ether oxygens (including phenoxy) is 2. The summed E-state index contributed by atoms with van der Waals surface area (Å²) in [5, 5.41) is 6.28. The van der Waals surface area contributed by atoms with E-state index in [2.05, 4.69) is 0 Å². The van der Waals surface area contributed by atoms with E-state index in [9.17, 15) is 4.79 Å². The molecule has 4 rings (SSSR count). The molecular weight excluding hydrogens is 330 g/mol. The quantitative estimate of drug-likeness (QED) is 0.802. The van der Waals surface area contributed by atoms with E-state index in [1.807, 2.05) is 44.2 Å². The van der Waals surface area contributed by atoms with Crippen molar-refractivity contribution in [3.8, 4) is 11.5 Å². The molecular formula is C20H21N3O3. The lowest BCUT2D eigenvalue weighted by molar-refractivity contribution is -0.130. The van der Waals surface area contributed by atoms with Crippen molar-refractivity contribution in [1.29, 1.82) is 0 Å². The first-order valence-corrected chi connectivity index (χ1v) is 8.62. The molecule has 6 heteroatoms. The molecule has 26 heavy (non-hydrogen) atoms. The van der Waals surface area contributed by atoms with Gasteiger partial charge in [0.05, 0.1) is 11.8 Å². The number of aryl methyl sites for hydroxylation is 1. The van der Waals surface area contributed by atoms with Crippen LogP contribution in [0.25, 0.3) is 0 Å². The van der Waals surface area contributed by atoms with E-state index in [0.717, 1.165) is 39.4 Å². The normalized spacial score (nSPS) is 18.2. The number of nitrogens with two attached hydrogens (primary N) is 1. The first-order chi connectivity index (χ1) is 12.4. The van der Waals surface area contributed by atoms with Crippen LogP contribution in [0.2, 0.25) is 0 Å². The van der Waals surface area contributed by atoms with Crippen molar-refractivity contribution in [1.82, 2.24) is 5.01 Å². The molecule has 1 amide bonds. The Morgan fingerprint density at radius 2 is 1.96 bits per heavy atom. The number of anilines is 1. The fourth-order valence-corrected chi connectivity index (χ4v) is 3.46. The average Bonchev–Trinajstić information content (AvgIpc) is 2.99. The van der Waals surface area contributed by atoms with Crippen molar-refractivity contribution in [2.24, 2.45) is 5.10 Å². The highest BCUT2D eigenvalue weighted by molar-refractivity contribution is 6.14. The summed E-state index contributed by atoms with van der Waals surface area (Å²) in [7, 11) is 0. The predicted octanol–water partition coefficient (Wildman–Crippen LogP) is 2.85. The molecule has 0 unspecified atom stereocenters. The van der Waals surface area contributed by atoms with Crippen molar-refractivity contribution in [2.75, 3.05) is 12.5 Å².